The third-order valence-corrected chi connectivity index (χ3v) is 5.92. The zero-order chi connectivity index (χ0) is 19.5. The van der Waals surface area contributed by atoms with E-state index >= 15 is 0 Å². The predicted octanol–water partition coefficient (Wildman–Crippen LogP) is 5.17. The van der Waals surface area contributed by atoms with Gasteiger partial charge in [0.1, 0.15) is 11.6 Å². The van der Waals surface area contributed by atoms with E-state index in [-0.39, 0.29) is 13.3 Å². The van der Waals surface area contributed by atoms with Crippen LogP contribution in [0, 0.1) is 0 Å². The second-order valence-corrected chi connectivity index (χ2v) is 7.51. The number of methoxy groups -OCH3 is 1. The van der Waals surface area contributed by atoms with Crippen molar-refractivity contribution >= 4 is 16.6 Å². The number of anilines is 1. The normalized spacial score (nSPS) is 15.8. The van der Waals surface area contributed by atoms with Gasteiger partial charge in [0, 0.05) is 37.5 Å². The predicted molar refractivity (Wildman–Crippen MR) is 123 cm³/mol. The van der Waals surface area contributed by atoms with Crippen molar-refractivity contribution in [2.45, 2.75) is 27.2 Å². The SMILES string of the molecule is C.CCN1CCN(c2nc(C(C)c3ccc(OC)cc3)cc3ccccc23)CC1. The van der Waals surface area contributed by atoms with Crippen LogP contribution in [0.1, 0.15) is 38.4 Å². The molecular formula is C25H33N3O. The molecule has 1 unspecified atom stereocenters. The van der Waals surface area contributed by atoms with Crippen LogP contribution in [0.15, 0.2) is 54.6 Å². The van der Waals surface area contributed by atoms with Crippen molar-refractivity contribution in [3.8, 4) is 5.75 Å². The molecule has 154 valence electrons. The van der Waals surface area contributed by atoms with Crippen LogP contribution < -0.4 is 9.64 Å². The van der Waals surface area contributed by atoms with Crippen molar-refractivity contribution in [3.63, 3.8) is 0 Å². The van der Waals surface area contributed by atoms with E-state index in [1.54, 1.807) is 7.11 Å². The second-order valence-electron chi connectivity index (χ2n) is 7.51. The van der Waals surface area contributed by atoms with Crippen molar-refractivity contribution in [1.82, 2.24) is 9.88 Å². The largest absolute Gasteiger partial charge is 0.497 e. The molecule has 0 aliphatic carbocycles. The Balaban J connectivity index is 0.00000240. The molecule has 1 aromatic heterocycles. The van der Waals surface area contributed by atoms with E-state index < -0.39 is 0 Å². The van der Waals surface area contributed by atoms with Crippen LogP contribution in [0.5, 0.6) is 5.75 Å². The molecule has 4 rings (SSSR count). The number of fused-ring (bicyclic) bond motifs is 1. The van der Waals surface area contributed by atoms with E-state index in [0.717, 1.165) is 50.0 Å². The van der Waals surface area contributed by atoms with Crippen LogP contribution in [0.25, 0.3) is 10.8 Å². The van der Waals surface area contributed by atoms with Gasteiger partial charge in [-0.25, -0.2) is 4.98 Å². The van der Waals surface area contributed by atoms with Gasteiger partial charge >= 0.3 is 0 Å². The third kappa shape index (κ3) is 4.38. The van der Waals surface area contributed by atoms with E-state index in [9.17, 15) is 0 Å². The first-order valence-electron chi connectivity index (χ1n) is 10.2. The highest BCUT2D eigenvalue weighted by Gasteiger charge is 2.21. The van der Waals surface area contributed by atoms with Gasteiger partial charge in [0.2, 0.25) is 0 Å². The van der Waals surface area contributed by atoms with Crippen LogP contribution in [0.3, 0.4) is 0 Å². The van der Waals surface area contributed by atoms with Gasteiger partial charge in [-0.3, -0.25) is 0 Å². The van der Waals surface area contributed by atoms with Gasteiger partial charge in [0.05, 0.1) is 12.8 Å². The molecule has 1 aliphatic rings. The van der Waals surface area contributed by atoms with Crippen molar-refractivity contribution in [2.24, 2.45) is 0 Å². The minimum absolute atomic E-state index is 0. The van der Waals surface area contributed by atoms with Gasteiger partial charge in [-0.2, -0.15) is 0 Å². The summed E-state index contributed by atoms with van der Waals surface area (Å²) in [5.41, 5.74) is 2.38. The topological polar surface area (TPSA) is 28.6 Å². The van der Waals surface area contributed by atoms with Crippen LogP contribution in [0.2, 0.25) is 0 Å². The Hall–Kier alpha value is -2.59. The van der Waals surface area contributed by atoms with Gasteiger partial charge in [-0.1, -0.05) is 57.7 Å². The Kier molecular flexibility index (Phi) is 6.75. The van der Waals surface area contributed by atoms with Gasteiger partial charge in [0.25, 0.3) is 0 Å². The molecule has 4 nitrogen and oxygen atoms in total. The molecule has 1 saturated heterocycles. The fraction of sp³-hybridized carbons (Fsp3) is 0.400. The number of pyridine rings is 1. The molecule has 0 saturated carbocycles. The molecule has 0 radical (unpaired) electrons. The minimum Gasteiger partial charge on any atom is -0.497 e. The first kappa shape index (κ1) is 21.1. The highest BCUT2D eigenvalue weighted by molar-refractivity contribution is 5.92. The Labute approximate surface area is 175 Å². The molecule has 29 heavy (non-hydrogen) atoms. The molecule has 3 aromatic rings. The van der Waals surface area contributed by atoms with Crippen molar-refractivity contribution in [3.05, 3.63) is 65.9 Å². The summed E-state index contributed by atoms with van der Waals surface area (Å²) in [5, 5.41) is 2.51. The minimum atomic E-state index is 0. The number of rotatable bonds is 5. The number of nitrogens with zero attached hydrogens (tertiary/aromatic N) is 3. The van der Waals surface area contributed by atoms with E-state index in [2.05, 4.69) is 66.1 Å². The average molecular weight is 392 g/mol. The highest BCUT2D eigenvalue weighted by atomic mass is 16.5. The Morgan fingerprint density at radius 2 is 1.69 bits per heavy atom. The van der Waals surface area contributed by atoms with Gasteiger partial charge in [-0.05, 0) is 35.7 Å². The molecule has 1 fully saturated rings. The molecule has 1 aliphatic heterocycles. The smallest absolute Gasteiger partial charge is 0.136 e. The number of likely N-dealkylation sites (N-methyl/N-ethyl adjacent to an activating group) is 1. The fourth-order valence-corrected chi connectivity index (χ4v) is 4.00. The molecule has 1 atom stereocenters. The van der Waals surface area contributed by atoms with Crippen LogP contribution in [0.4, 0.5) is 5.82 Å². The molecule has 0 amide bonds. The Morgan fingerprint density at radius 1 is 1.00 bits per heavy atom. The summed E-state index contributed by atoms with van der Waals surface area (Å²) in [5.74, 6) is 2.24. The molecule has 2 aromatic carbocycles. The van der Waals surface area contributed by atoms with Crippen LogP contribution >= 0.6 is 0 Å². The number of benzene rings is 2. The molecule has 0 spiro atoms. The average Bonchev–Trinajstić information content (AvgIpc) is 2.78. The monoisotopic (exact) mass is 391 g/mol. The lowest BCUT2D eigenvalue weighted by molar-refractivity contribution is 0.270. The number of piperazine rings is 1. The maximum atomic E-state index is 5.30. The molecule has 0 bridgehead atoms. The maximum absolute atomic E-state index is 5.30. The summed E-state index contributed by atoms with van der Waals surface area (Å²) in [6, 6.07) is 19.2. The van der Waals surface area contributed by atoms with E-state index in [1.165, 1.54) is 16.3 Å². The summed E-state index contributed by atoms with van der Waals surface area (Å²) in [6.45, 7) is 9.86. The maximum Gasteiger partial charge on any atom is 0.136 e. The lowest BCUT2D eigenvalue weighted by Crippen LogP contribution is -2.46. The van der Waals surface area contributed by atoms with Crippen LogP contribution in [-0.4, -0.2) is 49.7 Å². The zero-order valence-electron chi connectivity index (χ0n) is 17.1. The quantitative estimate of drug-likeness (QED) is 0.600. The zero-order valence-corrected chi connectivity index (χ0v) is 17.1. The van der Waals surface area contributed by atoms with Crippen LogP contribution in [-0.2, 0) is 0 Å². The lowest BCUT2D eigenvalue weighted by Gasteiger charge is -2.35. The Bertz CT molecular complexity index is 930. The molecule has 4 heteroatoms. The summed E-state index contributed by atoms with van der Waals surface area (Å²) >= 11 is 0. The number of aromatic nitrogens is 1. The van der Waals surface area contributed by atoms with Crippen molar-refractivity contribution in [1.29, 1.82) is 0 Å². The highest BCUT2D eigenvalue weighted by Crippen LogP contribution is 2.32. The van der Waals surface area contributed by atoms with Gasteiger partial charge < -0.3 is 14.5 Å². The first-order chi connectivity index (χ1) is 13.7. The Morgan fingerprint density at radius 3 is 2.34 bits per heavy atom. The fourth-order valence-electron chi connectivity index (χ4n) is 4.00. The molecular weight excluding hydrogens is 358 g/mol. The molecule has 2 heterocycles. The summed E-state index contributed by atoms with van der Waals surface area (Å²) in [7, 11) is 1.70. The number of ether oxygens (including phenoxy) is 1. The second kappa shape index (κ2) is 9.27. The van der Waals surface area contributed by atoms with Gasteiger partial charge in [0.15, 0.2) is 0 Å². The summed E-state index contributed by atoms with van der Waals surface area (Å²) < 4.78 is 5.30. The van der Waals surface area contributed by atoms with Crippen molar-refractivity contribution < 1.29 is 4.74 Å². The van der Waals surface area contributed by atoms with Crippen molar-refractivity contribution in [2.75, 3.05) is 44.7 Å². The van der Waals surface area contributed by atoms with E-state index in [0.29, 0.717) is 0 Å². The van der Waals surface area contributed by atoms with E-state index in [1.807, 2.05) is 12.1 Å². The number of hydrogen-bond donors (Lipinski definition) is 0. The lowest BCUT2D eigenvalue weighted by atomic mass is 9.95. The first-order valence-corrected chi connectivity index (χ1v) is 10.2. The van der Waals surface area contributed by atoms with E-state index in [4.69, 9.17) is 9.72 Å². The summed E-state index contributed by atoms with van der Waals surface area (Å²) in [4.78, 5) is 10.1. The summed E-state index contributed by atoms with van der Waals surface area (Å²) in [6.07, 6.45) is 0. The third-order valence-electron chi connectivity index (χ3n) is 5.92. The number of hydrogen-bond acceptors (Lipinski definition) is 4. The van der Waals surface area contributed by atoms with Gasteiger partial charge in [-0.15, -0.1) is 0 Å². The molecule has 0 N–H and O–H groups in total. The standard InChI is InChI=1S/C24H29N3O.CH4/c1-4-26-13-15-27(16-14-26)24-22-8-6-5-7-20(22)17-23(25-24)18(2)19-9-11-21(28-3)12-10-19;/h5-12,17-18H,4,13-16H2,1-3H3;1H4.